The molecule has 32 heavy (non-hydrogen) atoms. The van der Waals surface area contributed by atoms with Gasteiger partial charge in [0.25, 0.3) is 5.91 Å². The number of rotatable bonds is 4. The Labute approximate surface area is 192 Å². The van der Waals surface area contributed by atoms with Gasteiger partial charge in [0.05, 0.1) is 17.3 Å². The van der Waals surface area contributed by atoms with Crippen LogP contribution in [-0.2, 0) is 0 Å². The summed E-state index contributed by atoms with van der Waals surface area (Å²) in [5.74, 6) is -1.22. The number of carboxylic acid groups (broad SMARTS) is 1. The minimum atomic E-state index is -1.01. The molecule has 0 saturated carbocycles. The highest BCUT2D eigenvalue weighted by Gasteiger charge is 2.43. The Morgan fingerprint density at radius 1 is 1.00 bits per heavy atom. The summed E-state index contributed by atoms with van der Waals surface area (Å²) in [5.41, 5.74) is 5.75. The average Bonchev–Trinajstić information content (AvgIpc) is 3.34. The number of halogens is 1. The second kappa shape index (κ2) is 7.76. The minimum absolute atomic E-state index is 0.168. The largest absolute Gasteiger partial charge is 0.478 e. The van der Waals surface area contributed by atoms with Crippen molar-refractivity contribution in [2.45, 2.75) is 13.0 Å². The van der Waals surface area contributed by atoms with E-state index in [0.717, 1.165) is 32.4 Å². The number of aryl methyl sites for hydroxylation is 1. The Hall–Kier alpha value is -3.71. The summed E-state index contributed by atoms with van der Waals surface area (Å²) in [6.45, 7) is 2.02. The number of fused-ring (bicyclic) bond motifs is 1. The molecule has 6 nitrogen and oxygen atoms in total. The molecule has 5 rings (SSSR count). The Morgan fingerprint density at radius 2 is 1.66 bits per heavy atom. The zero-order valence-corrected chi connectivity index (χ0v) is 18.6. The molecular weight excluding hydrogens is 470 g/mol. The molecule has 0 fully saturated rings. The van der Waals surface area contributed by atoms with Gasteiger partial charge < -0.3 is 5.11 Å². The van der Waals surface area contributed by atoms with Gasteiger partial charge in [-0.3, -0.25) is 14.8 Å². The normalized spacial score (nSPS) is 15.1. The lowest BCUT2D eigenvalue weighted by Crippen LogP contribution is -2.29. The fraction of sp³-hybridized carbons (Fsp3) is 0.0800. The Balaban J connectivity index is 1.68. The van der Waals surface area contributed by atoms with Crippen molar-refractivity contribution in [3.05, 3.63) is 105 Å². The second-order valence-electron chi connectivity index (χ2n) is 7.71. The molecule has 0 spiro atoms. The Morgan fingerprint density at radius 3 is 2.28 bits per heavy atom. The first-order valence-corrected chi connectivity index (χ1v) is 10.8. The van der Waals surface area contributed by atoms with Gasteiger partial charge in [0.1, 0.15) is 5.69 Å². The third-order valence-corrected chi connectivity index (χ3v) is 6.20. The minimum Gasteiger partial charge on any atom is -0.478 e. The summed E-state index contributed by atoms with van der Waals surface area (Å²) in [6.07, 6.45) is 0. The topological polar surface area (TPSA) is 86.3 Å². The predicted octanol–water partition coefficient (Wildman–Crippen LogP) is 5.60. The fourth-order valence-electron chi connectivity index (χ4n) is 4.07. The van der Waals surface area contributed by atoms with Crippen molar-refractivity contribution >= 4 is 33.5 Å². The van der Waals surface area contributed by atoms with Crippen LogP contribution < -0.4 is 4.90 Å². The van der Waals surface area contributed by atoms with E-state index in [4.69, 9.17) is 0 Å². The van der Waals surface area contributed by atoms with Crippen LogP contribution in [0.4, 0.5) is 5.69 Å². The molecule has 4 aromatic rings. The van der Waals surface area contributed by atoms with E-state index in [1.807, 2.05) is 55.5 Å². The van der Waals surface area contributed by atoms with Crippen LogP contribution >= 0.6 is 15.9 Å². The lowest BCUT2D eigenvalue weighted by molar-refractivity contribution is 0.0696. The van der Waals surface area contributed by atoms with Crippen molar-refractivity contribution < 1.29 is 14.7 Å². The molecule has 7 heteroatoms. The van der Waals surface area contributed by atoms with Crippen molar-refractivity contribution in [1.82, 2.24) is 10.2 Å². The molecule has 2 heterocycles. The van der Waals surface area contributed by atoms with Gasteiger partial charge >= 0.3 is 5.97 Å². The number of H-pyrrole nitrogens is 1. The third-order valence-electron chi connectivity index (χ3n) is 5.67. The number of hydrogen-bond acceptors (Lipinski definition) is 3. The molecule has 0 aliphatic carbocycles. The number of aromatic nitrogens is 2. The van der Waals surface area contributed by atoms with Gasteiger partial charge in [-0.2, -0.15) is 5.10 Å². The molecule has 1 aliphatic rings. The number of amides is 1. The third kappa shape index (κ3) is 3.31. The van der Waals surface area contributed by atoms with Crippen LogP contribution in [0.25, 0.3) is 11.3 Å². The van der Waals surface area contributed by atoms with Crippen LogP contribution in [0.2, 0.25) is 0 Å². The molecule has 0 bridgehead atoms. The van der Waals surface area contributed by atoms with E-state index in [0.29, 0.717) is 11.4 Å². The molecule has 1 aromatic heterocycles. The van der Waals surface area contributed by atoms with E-state index in [1.165, 1.54) is 12.1 Å². The first kappa shape index (κ1) is 20.2. The Bertz CT molecular complexity index is 1330. The number of benzene rings is 3. The number of carboxylic acids is 1. The van der Waals surface area contributed by atoms with E-state index >= 15 is 0 Å². The van der Waals surface area contributed by atoms with E-state index in [1.54, 1.807) is 17.0 Å². The van der Waals surface area contributed by atoms with Crippen molar-refractivity contribution in [1.29, 1.82) is 0 Å². The molecule has 0 unspecified atom stereocenters. The van der Waals surface area contributed by atoms with Crippen molar-refractivity contribution in [2.75, 3.05) is 4.90 Å². The molecule has 1 aliphatic heterocycles. The van der Waals surface area contributed by atoms with E-state index in [2.05, 4.69) is 26.1 Å². The summed E-state index contributed by atoms with van der Waals surface area (Å²) in [7, 11) is 0. The Kier molecular flexibility index (Phi) is 4.90. The molecule has 2 N–H and O–H groups in total. The van der Waals surface area contributed by atoms with Gasteiger partial charge in [0.2, 0.25) is 0 Å². The lowest BCUT2D eigenvalue weighted by atomic mass is 9.95. The van der Waals surface area contributed by atoms with Gasteiger partial charge in [0.15, 0.2) is 0 Å². The van der Waals surface area contributed by atoms with E-state index < -0.39 is 12.0 Å². The van der Waals surface area contributed by atoms with Crippen LogP contribution in [0.1, 0.15) is 43.6 Å². The number of anilines is 1. The molecule has 1 amide bonds. The highest BCUT2D eigenvalue weighted by Crippen LogP contribution is 2.45. The smallest absolute Gasteiger partial charge is 0.335 e. The molecule has 3 aromatic carbocycles. The quantitative estimate of drug-likeness (QED) is 0.392. The number of carbonyl (C=O) groups excluding carboxylic acids is 1. The van der Waals surface area contributed by atoms with Gasteiger partial charge in [0, 0.05) is 21.3 Å². The average molecular weight is 488 g/mol. The summed E-state index contributed by atoms with van der Waals surface area (Å²) < 4.78 is 0.939. The summed E-state index contributed by atoms with van der Waals surface area (Å²) >= 11 is 3.47. The van der Waals surface area contributed by atoms with Gasteiger partial charge in [-0.05, 0) is 48.9 Å². The van der Waals surface area contributed by atoms with Crippen LogP contribution in [0, 0.1) is 6.92 Å². The predicted molar refractivity (Wildman–Crippen MR) is 125 cm³/mol. The van der Waals surface area contributed by atoms with Crippen molar-refractivity contribution in [3.8, 4) is 11.3 Å². The van der Waals surface area contributed by atoms with Crippen LogP contribution in [0.3, 0.4) is 0 Å². The molecule has 158 valence electrons. The summed E-state index contributed by atoms with van der Waals surface area (Å²) in [6, 6.07) is 21.8. The van der Waals surface area contributed by atoms with Gasteiger partial charge in [-0.1, -0.05) is 57.9 Å². The first-order chi connectivity index (χ1) is 15.4. The van der Waals surface area contributed by atoms with Crippen molar-refractivity contribution in [3.63, 3.8) is 0 Å². The first-order valence-electron chi connectivity index (χ1n) is 10.0. The number of aromatic carboxylic acids is 1. The van der Waals surface area contributed by atoms with Gasteiger partial charge in [-0.25, -0.2) is 4.79 Å². The lowest BCUT2D eigenvalue weighted by Gasteiger charge is -2.26. The zero-order valence-electron chi connectivity index (χ0n) is 17.0. The molecule has 0 saturated heterocycles. The van der Waals surface area contributed by atoms with Crippen LogP contribution in [0.15, 0.2) is 77.3 Å². The second-order valence-corrected chi connectivity index (χ2v) is 8.62. The summed E-state index contributed by atoms with van der Waals surface area (Å²) in [4.78, 5) is 26.5. The van der Waals surface area contributed by atoms with Gasteiger partial charge in [-0.15, -0.1) is 0 Å². The van der Waals surface area contributed by atoms with Crippen LogP contribution in [-0.4, -0.2) is 27.2 Å². The molecule has 0 radical (unpaired) electrons. The van der Waals surface area contributed by atoms with Crippen LogP contribution in [0.5, 0.6) is 0 Å². The fourth-order valence-corrected chi connectivity index (χ4v) is 4.33. The highest BCUT2D eigenvalue weighted by atomic mass is 79.9. The number of nitrogens with one attached hydrogen (secondary N) is 1. The SMILES string of the molecule is Cc1ccc(-c2n[nH]c3c2[C@@H](c2ccc(Br)cc2)N(c2ccc(C(=O)O)cc2)C3=O)cc1. The number of hydrogen-bond donors (Lipinski definition) is 2. The number of nitrogens with zero attached hydrogens (tertiary/aromatic N) is 2. The monoisotopic (exact) mass is 487 g/mol. The maximum atomic E-state index is 13.5. The summed E-state index contributed by atoms with van der Waals surface area (Å²) in [5, 5.41) is 16.7. The van der Waals surface area contributed by atoms with E-state index in [-0.39, 0.29) is 11.5 Å². The molecular formula is C25H18BrN3O3. The number of carbonyl (C=O) groups is 2. The number of aromatic amines is 1. The van der Waals surface area contributed by atoms with Crippen molar-refractivity contribution in [2.24, 2.45) is 0 Å². The standard InChI is InChI=1S/C25H18BrN3O3/c1-14-2-4-15(5-3-14)21-20-22(28-27-21)24(30)29(19-12-8-17(9-13-19)25(31)32)23(20)16-6-10-18(26)11-7-16/h2-13,23H,1H3,(H,27,28)(H,31,32)/t23-/m1/s1. The van der Waals surface area contributed by atoms with E-state index in [9.17, 15) is 14.7 Å². The maximum absolute atomic E-state index is 13.5. The molecule has 1 atom stereocenters. The highest BCUT2D eigenvalue weighted by molar-refractivity contribution is 9.10. The zero-order chi connectivity index (χ0) is 22.4. The maximum Gasteiger partial charge on any atom is 0.335 e.